The Kier molecular flexibility index (Phi) is 6.06. The van der Waals surface area contributed by atoms with Crippen LogP contribution in [0.1, 0.15) is 0 Å². The molecule has 0 saturated heterocycles. The summed E-state index contributed by atoms with van der Waals surface area (Å²) in [5.41, 5.74) is 10.2. The molecule has 9 rings (SSSR count). The van der Waals surface area contributed by atoms with Gasteiger partial charge in [0.1, 0.15) is 5.69 Å². The number of pyridine rings is 1. The monoisotopic (exact) mass is 589 g/mol. The van der Waals surface area contributed by atoms with Crippen LogP contribution in [0.25, 0.3) is 78.1 Å². The summed E-state index contributed by atoms with van der Waals surface area (Å²) in [6.45, 7) is 0. The van der Waals surface area contributed by atoms with Gasteiger partial charge in [-0.1, -0.05) is 91.0 Å². The Morgan fingerprint density at radius 2 is 1.15 bits per heavy atom. The third-order valence-corrected chi connectivity index (χ3v) is 8.63. The minimum Gasteiger partial charge on any atom is -0.316 e. The Hall–Kier alpha value is -6.33. The maximum Gasteiger partial charge on any atom is 0.179 e. The number of hydrogen-bond donors (Lipinski definition) is 0. The van der Waals surface area contributed by atoms with E-state index in [1.165, 1.54) is 27.2 Å². The molecule has 5 heteroatoms. The minimum absolute atomic E-state index is 0.600. The van der Waals surface area contributed by atoms with Crippen molar-refractivity contribution in [3.8, 4) is 45.4 Å². The molecule has 5 nitrogen and oxygen atoms in total. The van der Waals surface area contributed by atoms with Crippen LogP contribution in [0.15, 0.2) is 164 Å². The molecule has 0 atom stereocenters. The highest BCUT2D eigenvalue weighted by Gasteiger charge is 2.18. The Bertz CT molecular complexity index is 2460. The number of benzene rings is 5. The SMILES string of the molecule is c1ccc(-c2cc(-c3cccc(-n4c5ccccc5c5ccc6c(ccn6-c6ccccc6)c54)c3)nc(-c3ccccn3)n2)cc1. The number of para-hydroxylation sites is 2. The first-order chi connectivity index (χ1) is 22.8. The zero-order chi connectivity index (χ0) is 30.5. The van der Waals surface area contributed by atoms with E-state index in [1.807, 2.05) is 36.4 Å². The average molecular weight is 590 g/mol. The Morgan fingerprint density at radius 1 is 0.435 bits per heavy atom. The lowest BCUT2D eigenvalue weighted by atomic mass is 10.1. The number of nitrogens with zero attached hydrogens (tertiary/aromatic N) is 5. The molecule has 5 aromatic carbocycles. The lowest BCUT2D eigenvalue weighted by Crippen LogP contribution is -1.98. The van der Waals surface area contributed by atoms with Crippen molar-refractivity contribution in [1.29, 1.82) is 0 Å². The van der Waals surface area contributed by atoms with Gasteiger partial charge in [-0.25, -0.2) is 9.97 Å². The average Bonchev–Trinajstić information content (AvgIpc) is 3.72. The maximum atomic E-state index is 5.05. The van der Waals surface area contributed by atoms with Gasteiger partial charge in [0.2, 0.25) is 0 Å². The van der Waals surface area contributed by atoms with Crippen molar-refractivity contribution >= 4 is 32.7 Å². The fourth-order valence-electron chi connectivity index (χ4n) is 6.52. The van der Waals surface area contributed by atoms with E-state index < -0.39 is 0 Å². The van der Waals surface area contributed by atoms with E-state index in [1.54, 1.807) is 6.20 Å². The maximum absolute atomic E-state index is 5.05. The summed E-state index contributed by atoms with van der Waals surface area (Å²) in [5.74, 6) is 0.600. The molecule has 0 spiro atoms. The molecule has 0 aliphatic carbocycles. The van der Waals surface area contributed by atoms with Crippen molar-refractivity contribution in [1.82, 2.24) is 24.1 Å². The Balaban J connectivity index is 1.27. The van der Waals surface area contributed by atoms with Crippen LogP contribution in [-0.4, -0.2) is 24.1 Å². The van der Waals surface area contributed by atoms with Gasteiger partial charge in [-0.05, 0) is 60.7 Å². The van der Waals surface area contributed by atoms with Gasteiger partial charge in [0.05, 0.1) is 27.9 Å². The standard InChI is InChI=1S/C41H27N5/c1-3-12-28(13-4-1)36-27-37(44-41(43-36)35-19-9-10-24-42-35)29-14-11-17-31(26-29)46-39-20-8-7-18-32(39)33-21-22-38-34(40(33)46)23-25-45(38)30-15-5-2-6-16-30/h1-27H. The van der Waals surface area contributed by atoms with Crippen LogP contribution in [0.5, 0.6) is 0 Å². The normalized spacial score (nSPS) is 11.5. The fourth-order valence-corrected chi connectivity index (χ4v) is 6.52. The molecule has 0 bridgehead atoms. The van der Waals surface area contributed by atoms with Crippen LogP contribution in [0, 0.1) is 0 Å². The van der Waals surface area contributed by atoms with E-state index in [4.69, 9.17) is 9.97 Å². The van der Waals surface area contributed by atoms with E-state index in [0.717, 1.165) is 45.1 Å². The van der Waals surface area contributed by atoms with Gasteiger partial charge in [-0.15, -0.1) is 0 Å². The number of fused-ring (bicyclic) bond motifs is 5. The van der Waals surface area contributed by atoms with Gasteiger partial charge in [0, 0.05) is 51.1 Å². The van der Waals surface area contributed by atoms with Crippen molar-refractivity contribution in [3.63, 3.8) is 0 Å². The van der Waals surface area contributed by atoms with E-state index in [2.05, 4.69) is 136 Å². The molecule has 46 heavy (non-hydrogen) atoms. The molecule has 0 unspecified atom stereocenters. The molecular formula is C41H27N5. The number of hydrogen-bond acceptors (Lipinski definition) is 3. The van der Waals surface area contributed by atoms with Crippen molar-refractivity contribution < 1.29 is 0 Å². The van der Waals surface area contributed by atoms with Crippen LogP contribution in [0.4, 0.5) is 0 Å². The summed E-state index contributed by atoms with van der Waals surface area (Å²) in [7, 11) is 0. The first kappa shape index (κ1) is 26.1. The predicted molar refractivity (Wildman–Crippen MR) is 187 cm³/mol. The van der Waals surface area contributed by atoms with Gasteiger partial charge in [0.15, 0.2) is 5.82 Å². The van der Waals surface area contributed by atoms with Gasteiger partial charge >= 0.3 is 0 Å². The molecule has 216 valence electrons. The predicted octanol–water partition coefficient (Wildman–Crippen LogP) is 9.91. The molecule has 0 N–H and O–H groups in total. The number of rotatable bonds is 5. The largest absolute Gasteiger partial charge is 0.316 e. The van der Waals surface area contributed by atoms with E-state index in [9.17, 15) is 0 Å². The second kappa shape index (κ2) is 10.7. The Morgan fingerprint density at radius 3 is 1.98 bits per heavy atom. The van der Waals surface area contributed by atoms with Gasteiger partial charge in [0.25, 0.3) is 0 Å². The highest BCUT2D eigenvalue weighted by atomic mass is 15.0. The third kappa shape index (κ3) is 4.29. The smallest absolute Gasteiger partial charge is 0.179 e. The van der Waals surface area contributed by atoms with Crippen LogP contribution in [-0.2, 0) is 0 Å². The van der Waals surface area contributed by atoms with Crippen LogP contribution >= 0.6 is 0 Å². The van der Waals surface area contributed by atoms with Crippen LogP contribution < -0.4 is 0 Å². The first-order valence-corrected chi connectivity index (χ1v) is 15.4. The summed E-state index contributed by atoms with van der Waals surface area (Å²) in [5, 5.41) is 3.65. The fraction of sp³-hybridized carbons (Fsp3) is 0. The van der Waals surface area contributed by atoms with Gasteiger partial charge < -0.3 is 9.13 Å². The zero-order valence-electron chi connectivity index (χ0n) is 24.8. The van der Waals surface area contributed by atoms with Crippen molar-refractivity contribution in [2.45, 2.75) is 0 Å². The highest BCUT2D eigenvalue weighted by molar-refractivity contribution is 6.18. The highest BCUT2D eigenvalue weighted by Crippen LogP contribution is 2.38. The summed E-state index contributed by atoms with van der Waals surface area (Å²) < 4.78 is 4.66. The third-order valence-electron chi connectivity index (χ3n) is 8.63. The van der Waals surface area contributed by atoms with Crippen LogP contribution in [0.2, 0.25) is 0 Å². The lowest BCUT2D eigenvalue weighted by molar-refractivity contribution is 1.13. The van der Waals surface area contributed by atoms with Gasteiger partial charge in [-0.2, -0.15) is 0 Å². The van der Waals surface area contributed by atoms with Gasteiger partial charge in [-0.3, -0.25) is 4.98 Å². The second-order valence-electron chi connectivity index (χ2n) is 11.4. The molecule has 9 aromatic rings. The molecule has 0 saturated carbocycles. The molecule has 4 heterocycles. The summed E-state index contributed by atoms with van der Waals surface area (Å²) in [4.78, 5) is 14.5. The van der Waals surface area contributed by atoms with E-state index in [0.29, 0.717) is 5.82 Å². The molecule has 0 aliphatic heterocycles. The van der Waals surface area contributed by atoms with E-state index in [-0.39, 0.29) is 0 Å². The van der Waals surface area contributed by atoms with Crippen molar-refractivity contribution in [2.24, 2.45) is 0 Å². The molecular weight excluding hydrogens is 562 g/mol. The summed E-state index contributed by atoms with van der Waals surface area (Å²) >= 11 is 0. The zero-order valence-corrected chi connectivity index (χ0v) is 24.8. The Labute approximate surface area is 265 Å². The van der Waals surface area contributed by atoms with Crippen molar-refractivity contribution in [3.05, 3.63) is 164 Å². The second-order valence-corrected chi connectivity index (χ2v) is 11.4. The number of aromatic nitrogens is 5. The summed E-state index contributed by atoms with van der Waals surface area (Å²) in [6, 6.07) is 52.7. The molecule has 0 aliphatic rings. The van der Waals surface area contributed by atoms with Crippen molar-refractivity contribution in [2.75, 3.05) is 0 Å². The first-order valence-electron chi connectivity index (χ1n) is 15.4. The van der Waals surface area contributed by atoms with E-state index >= 15 is 0 Å². The lowest BCUT2D eigenvalue weighted by Gasteiger charge is -2.12. The molecule has 0 radical (unpaired) electrons. The quantitative estimate of drug-likeness (QED) is 0.201. The van der Waals surface area contributed by atoms with Crippen LogP contribution in [0.3, 0.4) is 0 Å². The topological polar surface area (TPSA) is 48.5 Å². The molecule has 0 amide bonds. The molecule has 4 aromatic heterocycles. The molecule has 0 fully saturated rings. The minimum atomic E-state index is 0.600. The summed E-state index contributed by atoms with van der Waals surface area (Å²) in [6.07, 6.45) is 3.95.